The first kappa shape index (κ1) is 19.0. The molecule has 4 bridgehead atoms. The molecule has 4 saturated carbocycles. The van der Waals surface area contributed by atoms with Crippen LogP contribution in [0.2, 0.25) is 0 Å². The Morgan fingerprint density at radius 3 is 2.04 bits per heavy atom. The number of amides is 1. The third-order valence-corrected chi connectivity index (χ3v) is 8.36. The normalized spacial score (nSPS) is 37.0. The van der Waals surface area contributed by atoms with E-state index in [0.717, 1.165) is 30.8 Å². The highest BCUT2D eigenvalue weighted by Gasteiger charge is 2.60. The van der Waals surface area contributed by atoms with Gasteiger partial charge in [-0.15, -0.1) is 0 Å². The molecule has 0 spiro atoms. The lowest BCUT2D eigenvalue weighted by molar-refractivity contribution is -0.141. The molecule has 0 heterocycles. The molecule has 1 aromatic rings. The van der Waals surface area contributed by atoms with Gasteiger partial charge in [-0.25, -0.2) is 0 Å². The van der Waals surface area contributed by atoms with Crippen LogP contribution in [0.4, 0.5) is 0 Å². The van der Waals surface area contributed by atoms with Gasteiger partial charge in [-0.05, 0) is 74.9 Å². The van der Waals surface area contributed by atoms with E-state index < -0.39 is 0 Å². The molecule has 4 aliphatic rings. The summed E-state index contributed by atoms with van der Waals surface area (Å²) in [4.78, 5) is 17.4. The van der Waals surface area contributed by atoms with Gasteiger partial charge in [0.1, 0.15) is 0 Å². The number of carbonyl (C=O) groups is 1. The molecule has 0 saturated heterocycles. The second kappa shape index (κ2) is 7.24. The fourth-order valence-corrected chi connectivity index (χ4v) is 6.74. The summed E-state index contributed by atoms with van der Waals surface area (Å²) in [5.41, 5.74) is 1.50. The van der Waals surface area contributed by atoms with E-state index in [-0.39, 0.29) is 5.41 Å². The number of hydrogen-bond acceptors (Lipinski definition) is 2. The number of rotatable bonds is 6. The Hall–Kier alpha value is -1.35. The lowest BCUT2D eigenvalue weighted by atomic mass is 9.41. The van der Waals surface area contributed by atoms with Gasteiger partial charge in [-0.2, -0.15) is 0 Å². The maximum Gasteiger partial charge on any atom is 0.223 e. The van der Waals surface area contributed by atoms with E-state index in [4.69, 9.17) is 0 Å². The van der Waals surface area contributed by atoms with Crippen molar-refractivity contribution in [3.63, 3.8) is 0 Å². The van der Waals surface area contributed by atoms with Gasteiger partial charge >= 0.3 is 0 Å². The molecule has 0 aromatic heterocycles. The first-order valence-electron chi connectivity index (χ1n) is 10.9. The summed E-state index contributed by atoms with van der Waals surface area (Å²) in [7, 11) is 6.13. The summed E-state index contributed by atoms with van der Waals surface area (Å²) >= 11 is 0. The first-order valence-corrected chi connectivity index (χ1v) is 10.9. The Morgan fingerprint density at radius 1 is 0.963 bits per heavy atom. The molecule has 1 amide bonds. The highest BCUT2D eigenvalue weighted by Crippen LogP contribution is 2.65. The zero-order valence-electron chi connectivity index (χ0n) is 17.5. The summed E-state index contributed by atoms with van der Waals surface area (Å²) in [5, 5.41) is 0. The Bertz CT molecular complexity index is 638. The van der Waals surface area contributed by atoms with Crippen molar-refractivity contribution in [2.45, 2.75) is 44.4 Å². The minimum absolute atomic E-state index is 0.0673. The number of likely N-dealkylation sites (N-methyl/N-ethyl adjacent to an activating group) is 2. The number of benzene rings is 1. The van der Waals surface area contributed by atoms with Crippen LogP contribution < -0.4 is 0 Å². The Labute approximate surface area is 165 Å². The Morgan fingerprint density at radius 2 is 1.52 bits per heavy atom. The van der Waals surface area contributed by atoms with Crippen LogP contribution in [0.15, 0.2) is 30.3 Å². The largest absolute Gasteiger partial charge is 0.344 e. The van der Waals surface area contributed by atoms with Gasteiger partial charge in [-0.1, -0.05) is 37.3 Å². The van der Waals surface area contributed by atoms with Gasteiger partial charge in [-0.3, -0.25) is 4.79 Å². The monoisotopic (exact) mass is 368 g/mol. The van der Waals surface area contributed by atoms with Crippen molar-refractivity contribution in [3.05, 3.63) is 35.9 Å². The lowest BCUT2D eigenvalue weighted by Gasteiger charge is -2.63. The minimum Gasteiger partial charge on any atom is -0.344 e. The standard InChI is InChI=1S/C24H36N2O/c1-17-18-12-21-14-19(17)15-22(13-18)24(21,20-8-6-5-7-9-20)16-23(27)26(4)11-10-25(2)3/h5-9,17-19,21-22H,10-16H2,1-4H3. The average Bonchev–Trinajstić information content (AvgIpc) is 2.65. The van der Waals surface area contributed by atoms with Crippen molar-refractivity contribution in [2.24, 2.45) is 29.6 Å². The highest BCUT2D eigenvalue weighted by atomic mass is 16.2. The maximum atomic E-state index is 13.3. The topological polar surface area (TPSA) is 23.6 Å². The summed E-state index contributed by atoms with van der Waals surface area (Å²) in [6.07, 6.45) is 6.02. The zero-order chi connectivity index (χ0) is 19.2. The van der Waals surface area contributed by atoms with E-state index in [1.165, 1.54) is 31.2 Å². The van der Waals surface area contributed by atoms with Crippen molar-refractivity contribution < 1.29 is 4.79 Å². The van der Waals surface area contributed by atoms with E-state index in [0.29, 0.717) is 24.2 Å². The van der Waals surface area contributed by atoms with Gasteiger partial charge in [0.2, 0.25) is 5.91 Å². The summed E-state index contributed by atoms with van der Waals surface area (Å²) in [5.74, 6) is 4.39. The summed E-state index contributed by atoms with van der Waals surface area (Å²) in [6, 6.07) is 11.1. The van der Waals surface area contributed by atoms with Gasteiger partial charge in [0.25, 0.3) is 0 Å². The number of carbonyl (C=O) groups excluding carboxylic acids is 1. The lowest BCUT2D eigenvalue weighted by Crippen LogP contribution is -2.59. The molecule has 1 aromatic carbocycles. The van der Waals surface area contributed by atoms with Crippen LogP contribution in [0.1, 0.15) is 44.6 Å². The molecule has 27 heavy (non-hydrogen) atoms. The van der Waals surface area contributed by atoms with E-state index in [9.17, 15) is 4.79 Å². The van der Waals surface area contributed by atoms with Crippen molar-refractivity contribution in [1.29, 1.82) is 0 Å². The van der Waals surface area contributed by atoms with Crippen LogP contribution in [0.25, 0.3) is 0 Å². The van der Waals surface area contributed by atoms with Crippen LogP contribution in [0, 0.1) is 29.6 Å². The molecular weight excluding hydrogens is 332 g/mol. The van der Waals surface area contributed by atoms with Crippen molar-refractivity contribution in [1.82, 2.24) is 9.80 Å². The van der Waals surface area contributed by atoms with Gasteiger partial charge < -0.3 is 9.80 Å². The van der Waals surface area contributed by atoms with E-state index >= 15 is 0 Å². The SMILES string of the molecule is CC1C2CC3CC1CC(C2)C3(CC(=O)N(C)CCN(C)C)c1ccccc1. The molecule has 3 nitrogen and oxygen atoms in total. The summed E-state index contributed by atoms with van der Waals surface area (Å²) < 4.78 is 0. The molecule has 0 atom stereocenters. The third kappa shape index (κ3) is 3.22. The van der Waals surface area contributed by atoms with Crippen molar-refractivity contribution >= 4 is 5.91 Å². The predicted molar refractivity (Wildman–Crippen MR) is 111 cm³/mol. The van der Waals surface area contributed by atoms with E-state index in [2.05, 4.69) is 56.3 Å². The second-order valence-corrected chi connectivity index (χ2v) is 9.92. The van der Waals surface area contributed by atoms with E-state index in [1.807, 2.05) is 11.9 Å². The molecule has 0 aliphatic heterocycles. The Kier molecular flexibility index (Phi) is 5.09. The predicted octanol–water partition coefficient (Wildman–Crippen LogP) is 4.04. The number of nitrogens with zero attached hydrogens (tertiary/aromatic N) is 2. The van der Waals surface area contributed by atoms with Crippen molar-refractivity contribution in [2.75, 3.05) is 34.2 Å². The highest BCUT2D eigenvalue weighted by molar-refractivity contribution is 5.78. The number of hydrogen-bond donors (Lipinski definition) is 0. The third-order valence-electron chi connectivity index (χ3n) is 8.36. The molecular formula is C24H36N2O. The molecule has 5 rings (SSSR count). The molecule has 0 N–H and O–H groups in total. The molecule has 148 valence electrons. The Balaban J connectivity index is 1.63. The molecule has 0 radical (unpaired) electrons. The minimum atomic E-state index is 0.0673. The average molecular weight is 369 g/mol. The molecule has 0 unspecified atom stereocenters. The van der Waals surface area contributed by atoms with E-state index in [1.54, 1.807) is 0 Å². The summed E-state index contributed by atoms with van der Waals surface area (Å²) in [6.45, 7) is 4.22. The zero-order valence-corrected chi connectivity index (χ0v) is 17.5. The van der Waals surface area contributed by atoms with Crippen molar-refractivity contribution in [3.8, 4) is 0 Å². The fraction of sp³-hybridized carbons (Fsp3) is 0.708. The molecule has 3 heteroatoms. The van der Waals surface area contributed by atoms with Crippen LogP contribution in [-0.2, 0) is 10.2 Å². The first-order chi connectivity index (χ1) is 12.9. The van der Waals surface area contributed by atoms with Gasteiger partial charge in [0.15, 0.2) is 0 Å². The van der Waals surface area contributed by atoms with Gasteiger partial charge in [0, 0.05) is 32.0 Å². The van der Waals surface area contributed by atoms with Gasteiger partial charge in [0.05, 0.1) is 0 Å². The smallest absolute Gasteiger partial charge is 0.223 e. The molecule has 4 aliphatic carbocycles. The molecule has 4 fully saturated rings. The second-order valence-electron chi connectivity index (χ2n) is 9.92. The maximum absolute atomic E-state index is 13.3. The van der Waals surface area contributed by atoms with Crippen LogP contribution in [0.5, 0.6) is 0 Å². The van der Waals surface area contributed by atoms with Crippen LogP contribution in [-0.4, -0.2) is 49.9 Å². The van der Waals surface area contributed by atoms with Crippen LogP contribution in [0.3, 0.4) is 0 Å². The van der Waals surface area contributed by atoms with Crippen LogP contribution >= 0.6 is 0 Å². The fourth-order valence-electron chi connectivity index (χ4n) is 6.74. The quantitative estimate of drug-likeness (QED) is 0.757.